The summed E-state index contributed by atoms with van der Waals surface area (Å²) in [6.45, 7) is 2.45. The molecule has 0 saturated heterocycles. The van der Waals surface area contributed by atoms with Crippen LogP contribution in [0.15, 0.2) is 91.0 Å². The van der Waals surface area contributed by atoms with Crippen LogP contribution in [0.5, 0.6) is 17.2 Å². The van der Waals surface area contributed by atoms with Crippen molar-refractivity contribution in [3.8, 4) is 17.2 Å². The number of phosphoric ester groups is 2. The van der Waals surface area contributed by atoms with Gasteiger partial charge in [-0.05, 0) is 42.8 Å². The van der Waals surface area contributed by atoms with Gasteiger partial charge >= 0.3 is 15.6 Å². The Labute approximate surface area is 308 Å². The summed E-state index contributed by atoms with van der Waals surface area (Å²) in [6, 6.07) is 26.4. The van der Waals surface area contributed by atoms with E-state index in [9.17, 15) is 9.13 Å². The normalized spacial score (nSPS) is 11.4. The summed E-state index contributed by atoms with van der Waals surface area (Å²) in [4.78, 5) is 17.1. The number of para-hydroxylation sites is 3. The average molecular weight is 747 g/mol. The first kappa shape index (κ1) is 44.6. The molecule has 0 bridgehead atoms. The van der Waals surface area contributed by atoms with E-state index in [1.54, 1.807) is 72.8 Å². The van der Waals surface area contributed by atoms with Crippen LogP contribution in [0.2, 0.25) is 0 Å². The Morgan fingerprint density at radius 3 is 0.922 bits per heavy atom. The van der Waals surface area contributed by atoms with Crippen molar-refractivity contribution in [1.29, 1.82) is 0 Å². The summed E-state index contributed by atoms with van der Waals surface area (Å²) < 4.78 is 44.6. The largest absolute Gasteiger partial charge is 0.647 e. The van der Waals surface area contributed by atoms with Crippen molar-refractivity contribution in [2.24, 2.45) is 0 Å². The van der Waals surface area contributed by atoms with Gasteiger partial charge in [-0.25, -0.2) is 4.57 Å². The highest BCUT2D eigenvalue weighted by Gasteiger charge is 2.33. The van der Waals surface area contributed by atoms with Gasteiger partial charge in [0.15, 0.2) is 0 Å². The van der Waals surface area contributed by atoms with E-state index in [-0.39, 0.29) is 6.61 Å². The van der Waals surface area contributed by atoms with Crippen molar-refractivity contribution < 1.29 is 37.0 Å². The fourth-order valence-electron chi connectivity index (χ4n) is 5.60. The lowest BCUT2D eigenvalue weighted by molar-refractivity contribution is 0.193. The molecule has 3 rings (SSSR count). The molecule has 0 atom stereocenters. The van der Waals surface area contributed by atoms with Gasteiger partial charge in [0.2, 0.25) is 0 Å². The van der Waals surface area contributed by atoms with E-state index in [0.717, 1.165) is 19.3 Å². The molecule has 10 heteroatoms. The molecular weight excluding hydrogens is 682 g/mol. The van der Waals surface area contributed by atoms with Crippen LogP contribution in [-0.2, 0) is 13.7 Å². The van der Waals surface area contributed by atoms with Crippen LogP contribution >= 0.6 is 15.6 Å². The molecule has 0 aromatic heterocycles. The molecule has 0 saturated carbocycles. The summed E-state index contributed by atoms with van der Waals surface area (Å²) in [7, 11) is -8.15. The summed E-state index contributed by atoms with van der Waals surface area (Å²) in [5.74, 6) is 1.22. The lowest BCUT2D eigenvalue weighted by Crippen LogP contribution is -2.07. The zero-order valence-electron chi connectivity index (χ0n) is 31.0. The Bertz CT molecular complexity index is 1200. The summed E-state index contributed by atoms with van der Waals surface area (Å²) in [6.07, 6.45) is 28.0. The monoisotopic (exact) mass is 746 g/mol. The van der Waals surface area contributed by atoms with Crippen LogP contribution in [-0.4, -0.2) is 16.4 Å². The maximum absolute atomic E-state index is 13.1. The number of unbranched alkanes of at least 4 members (excludes halogenated alkanes) is 20. The average Bonchev–Trinajstić information content (AvgIpc) is 3.11. The van der Waals surface area contributed by atoms with Gasteiger partial charge in [-0.3, -0.25) is 4.52 Å². The second kappa shape index (κ2) is 28.9. The first-order valence-electron chi connectivity index (χ1n) is 19.3. The molecule has 0 aliphatic heterocycles. The molecular formula is C41H64O8P2. The third kappa shape index (κ3) is 25.9. The minimum atomic E-state index is -4.26. The van der Waals surface area contributed by atoms with E-state index in [1.165, 1.54) is 116 Å². The van der Waals surface area contributed by atoms with Crippen molar-refractivity contribution in [3.63, 3.8) is 0 Å². The van der Waals surface area contributed by atoms with Crippen molar-refractivity contribution in [1.82, 2.24) is 0 Å². The number of phosphoric acid groups is 2. The van der Waals surface area contributed by atoms with Crippen LogP contribution in [0.1, 0.15) is 142 Å². The van der Waals surface area contributed by atoms with Gasteiger partial charge in [-0.2, -0.15) is 4.57 Å². The topological polar surface area (TPSA) is 112 Å². The minimum Gasteiger partial charge on any atom is -0.386 e. The molecule has 0 heterocycles. The molecule has 2 N–H and O–H groups in total. The highest BCUT2D eigenvalue weighted by molar-refractivity contribution is 7.49. The molecule has 0 radical (unpaired) electrons. The molecule has 51 heavy (non-hydrogen) atoms. The van der Waals surface area contributed by atoms with Gasteiger partial charge in [-0.1, -0.05) is 190 Å². The van der Waals surface area contributed by atoms with Crippen LogP contribution < -0.4 is 13.6 Å². The zero-order chi connectivity index (χ0) is 36.7. The minimum absolute atomic E-state index is 0.170. The van der Waals surface area contributed by atoms with Crippen LogP contribution in [0.4, 0.5) is 0 Å². The fourth-order valence-corrected chi connectivity index (χ4v) is 7.22. The maximum atomic E-state index is 13.1. The van der Waals surface area contributed by atoms with Crippen molar-refractivity contribution in [3.05, 3.63) is 91.0 Å². The Kier molecular flexibility index (Phi) is 25.3. The molecule has 0 unspecified atom stereocenters. The maximum Gasteiger partial charge on any atom is 0.647 e. The van der Waals surface area contributed by atoms with E-state index in [4.69, 9.17) is 23.4 Å². The Hall–Kier alpha value is -2.60. The lowest BCUT2D eigenvalue weighted by Gasteiger charge is -2.19. The third-order valence-corrected chi connectivity index (χ3v) is 10.2. The lowest BCUT2D eigenvalue weighted by atomic mass is 10.0. The predicted molar refractivity (Wildman–Crippen MR) is 209 cm³/mol. The second-order valence-electron chi connectivity index (χ2n) is 13.1. The first-order valence-corrected chi connectivity index (χ1v) is 22.3. The zero-order valence-corrected chi connectivity index (χ0v) is 32.7. The third-order valence-electron chi connectivity index (χ3n) is 8.39. The molecule has 0 amide bonds. The molecule has 0 aliphatic rings. The molecule has 8 nitrogen and oxygen atoms in total. The quantitative estimate of drug-likeness (QED) is 0.0533. The van der Waals surface area contributed by atoms with Gasteiger partial charge in [0.05, 0.1) is 6.61 Å². The van der Waals surface area contributed by atoms with Gasteiger partial charge in [0, 0.05) is 0 Å². The first-order chi connectivity index (χ1) is 24.8. The van der Waals surface area contributed by atoms with Gasteiger partial charge in [0.25, 0.3) is 0 Å². The van der Waals surface area contributed by atoms with Crippen LogP contribution in [0.3, 0.4) is 0 Å². The van der Waals surface area contributed by atoms with Crippen LogP contribution in [0, 0.1) is 0 Å². The Balaban J connectivity index is 0.000000358. The number of rotatable bonds is 29. The number of benzene rings is 3. The standard InChI is InChI=1S/C23H49O4P.C18H15O4P/c1-2-3-4-5-6-7-8-9-10-11-12-13-14-15-16-17-18-19-20-21-22-23-27-28(24,25)26;19-23(20-16-10-4-1-5-11-16,21-17-12-6-2-7-13-17)22-18-14-8-3-9-15-18/h2-23H2,1H3,(H2,24,25,26);1-15H. The van der Waals surface area contributed by atoms with E-state index in [1.807, 2.05) is 18.2 Å². The summed E-state index contributed by atoms with van der Waals surface area (Å²) in [5.41, 5.74) is 0. The van der Waals surface area contributed by atoms with E-state index >= 15 is 0 Å². The van der Waals surface area contributed by atoms with Crippen molar-refractivity contribution >= 4 is 15.6 Å². The Morgan fingerprint density at radius 1 is 0.412 bits per heavy atom. The highest BCUT2D eigenvalue weighted by atomic mass is 31.2. The summed E-state index contributed by atoms with van der Waals surface area (Å²) >= 11 is 0. The van der Waals surface area contributed by atoms with E-state index in [0.29, 0.717) is 17.2 Å². The SMILES string of the molecule is CCCCCCCCCCCCCCCCCCCCCCCOP(=O)(O)O.O=P(Oc1ccccc1)(Oc1ccccc1)Oc1ccccc1. The smallest absolute Gasteiger partial charge is 0.386 e. The highest BCUT2D eigenvalue weighted by Crippen LogP contribution is 2.49. The molecule has 0 aliphatic carbocycles. The molecule has 3 aromatic carbocycles. The van der Waals surface area contributed by atoms with E-state index in [2.05, 4.69) is 11.4 Å². The number of hydrogen-bond acceptors (Lipinski definition) is 6. The van der Waals surface area contributed by atoms with Crippen molar-refractivity contribution in [2.45, 2.75) is 142 Å². The Morgan fingerprint density at radius 2 is 0.667 bits per heavy atom. The molecule has 286 valence electrons. The summed E-state index contributed by atoms with van der Waals surface area (Å²) in [5, 5.41) is 0. The predicted octanol–water partition coefficient (Wildman–Crippen LogP) is 13.6. The van der Waals surface area contributed by atoms with Gasteiger partial charge in [-0.15, -0.1) is 0 Å². The second-order valence-corrected chi connectivity index (χ2v) is 15.7. The van der Waals surface area contributed by atoms with Gasteiger partial charge in [0.1, 0.15) is 17.2 Å². The number of hydrogen-bond donors (Lipinski definition) is 2. The molecule has 0 fully saturated rings. The van der Waals surface area contributed by atoms with Crippen molar-refractivity contribution in [2.75, 3.05) is 6.61 Å². The molecule has 3 aromatic rings. The van der Waals surface area contributed by atoms with Crippen LogP contribution in [0.25, 0.3) is 0 Å². The van der Waals surface area contributed by atoms with Gasteiger partial charge < -0.3 is 23.4 Å². The molecule has 0 spiro atoms. The van der Waals surface area contributed by atoms with E-state index < -0.39 is 15.6 Å². The fraction of sp³-hybridized carbons (Fsp3) is 0.561.